The predicted octanol–water partition coefficient (Wildman–Crippen LogP) is -0.259. The van der Waals surface area contributed by atoms with Crippen LogP contribution in [0.2, 0.25) is 0 Å². The van der Waals surface area contributed by atoms with E-state index in [1.807, 2.05) is 0 Å². The van der Waals surface area contributed by atoms with Crippen molar-refractivity contribution in [3.8, 4) is 0 Å². The highest BCUT2D eigenvalue weighted by atomic mass is 16.5. The van der Waals surface area contributed by atoms with Gasteiger partial charge in [0.1, 0.15) is 5.78 Å². The van der Waals surface area contributed by atoms with Crippen molar-refractivity contribution >= 4 is 17.7 Å². The third-order valence-corrected chi connectivity index (χ3v) is 2.06. The molecular formula is C9H13NO4. The number of carbonyl (C=O) groups is 3. The Morgan fingerprint density at radius 2 is 1.93 bits per heavy atom. The minimum Gasteiger partial charge on any atom is -0.459 e. The summed E-state index contributed by atoms with van der Waals surface area (Å²) in [6.07, 6.45) is 0.677. The topological polar surface area (TPSA) is 63.7 Å². The van der Waals surface area contributed by atoms with Gasteiger partial charge in [0.05, 0.1) is 6.61 Å². The van der Waals surface area contributed by atoms with Crippen molar-refractivity contribution < 1.29 is 19.1 Å². The first-order valence-electron chi connectivity index (χ1n) is 4.63. The number of nitrogens with zero attached hydrogens (tertiary/aromatic N) is 1. The summed E-state index contributed by atoms with van der Waals surface area (Å²) in [5.74, 6) is -1.33. The molecule has 1 fully saturated rings. The Kier molecular flexibility index (Phi) is 3.62. The molecule has 0 aromatic carbocycles. The van der Waals surface area contributed by atoms with Gasteiger partial charge in [0.25, 0.3) is 0 Å². The van der Waals surface area contributed by atoms with Gasteiger partial charge in [-0.15, -0.1) is 0 Å². The maximum absolute atomic E-state index is 11.3. The van der Waals surface area contributed by atoms with Gasteiger partial charge < -0.3 is 9.64 Å². The van der Waals surface area contributed by atoms with Gasteiger partial charge in [-0.1, -0.05) is 0 Å². The molecule has 1 saturated heterocycles. The molecule has 0 aliphatic carbocycles. The van der Waals surface area contributed by atoms with Crippen molar-refractivity contribution in [2.45, 2.75) is 19.8 Å². The summed E-state index contributed by atoms with van der Waals surface area (Å²) in [6.45, 7) is 2.50. The van der Waals surface area contributed by atoms with Gasteiger partial charge in [0.2, 0.25) is 0 Å². The fraction of sp³-hybridized carbons (Fsp3) is 0.667. The lowest BCUT2D eigenvalue weighted by atomic mass is 10.1. The Hall–Kier alpha value is -1.39. The van der Waals surface area contributed by atoms with Crippen LogP contribution in [0.1, 0.15) is 19.8 Å². The highest BCUT2D eigenvalue weighted by Gasteiger charge is 2.26. The average molecular weight is 199 g/mol. The normalized spacial score (nSPS) is 16.6. The first-order valence-corrected chi connectivity index (χ1v) is 4.63. The molecule has 78 valence electrons. The third-order valence-electron chi connectivity index (χ3n) is 2.06. The maximum Gasteiger partial charge on any atom is 0.397 e. The number of likely N-dealkylation sites (tertiary alicyclic amines) is 1. The van der Waals surface area contributed by atoms with E-state index in [0.29, 0.717) is 25.9 Å². The van der Waals surface area contributed by atoms with E-state index in [9.17, 15) is 14.4 Å². The fourth-order valence-corrected chi connectivity index (χ4v) is 1.28. The van der Waals surface area contributed by atoms with E-state index >= 15 is 0 Å². The van der Waals surface area contributed by atoms with Gasteiger partial charge >= 0.3 is 11.9 Å². The Bertz CT molecular complexity index is 252. The van der Waals surface area contributed by atoms with E-state index in [4.69, 9.17) is 0 Å². The van der Waals surface area contributed by atoms with Gasteiger partial charge in [0, 0.05) is 25.9 Å². The molecule has 0 radical (unpaired) electrons. The highest BCUT2D eigenvalue weighted by molar-refractivity contribution is 6.32. The summed E-state index contributed by atoms with van der Waals surface area (Å²) in [4.78, 5) is 34.6. The summed E-state index contributed by atoms with van der Waals surface area (Å²) in [5, 5.41) is 0. The summed E-state index contributed by atoms with van der Waals surface area (Å²) in [7, 11) is 0. The largest absolute Gasteiger partial charge is 0.459 e. The number of carbonyl (C=O) groups excluding carboxylic acids is 3. The van der Waals surface area contributed by atoms with E-state index in [2.05, 4.69) is 4.74 Å². The second kappa shape index (κ2) is 4.74. The van der Waals surface area contributed by atoms with Crippen LogP contribution in [-0.2, 0) is 19.1 Å². The lowest BCUT2D eigenvalue weighted by Crippen LogP contribution is -2.42. The zero-order valence-corrected chi connectivity index (χ0v) is 8.12. The van der Waals surface area contributed by atoms with E-state index < -0.39 is 11.9 Å². The van der Waals surface area contributed by atoms with Crippen LogP contribution in [0.25, 0.3) is 0 Å². The molecule has 0 N–H and O–H groups in total. The molecule has 1 rings (SSSR count). The zero-order valence-electron chi connectivity index (χ0n) is 8.12. The van der Waals surface area contributed by atoms with Crippen LogP contribution >= 0.6 is 0 Å². The molecule has 5 nitrogen and oxygen atoms in total. The van der Waals surface area contributed by atoms with E-state index in [1.54, 1.807) is 6.92 Å². The number of amides is 1. The van der Waals surface area contributed by atoms with Crippen molar-refractivity contribution in [3.63, 3.8) is 0 Å². The van der Waals surface area contributed by atoms with Crippen molar-refractivity contribution in [1.29, 1.82) is 0 Å². The smallest absolute Gasteiger partial charge is 0.397 e. The number of Topliss-reactive ketones (excluding diaryl/α,β-unsaturated/α-hetero) is 1. The van der Waals surface area contributed by atoms with Crippen molar-refractivity contribution in [2.24, 2.45) is 0 Å². The quantitative estimate of drug-likeness (QED) is 0.431. The van der Waals surface area contributed by atoms with E-state index in [1.165, 1.54) is 4.90 Å². The van der Waals surface area contributed by atoms with Crippen LogP contribution in [0.3, 0.4) is 0 Å². The summed E-state index contributed by atoms with van der Waals surface area (Å²) >= 11 is 0. The first kappa shape index (κ1) is 10.7. The number of hydrogen-bond acceptors (Lipinski definition) is 4. The van der Waals surface area contributed by atoms with Gasteiger partial charge in [-0.2, -0.15) is 0 Å². The number of esters is 1. The van der Waals surface area contributed by atoms with Crippen molar-refractivity contribution in [3.05, 3.63) is 0 Å². The maximum atomic E-state index is 11.3. The molecule has 0 spiro atoms. The van der Waals surface area contributed by atoms with Crippen LogP contribution in [-0.4, -0.2) is 42.3 Å². The predicted molar refractivity (Wildman–Crippen MR) is 47.5 cm³/mol. The monoisotopic (exact) mass is 199 g/mol. The standard InChI is InChI=1S/C9H13NO4/c1-2-14-9(13)8(12)10-5-3-7(11)4-6-10/h2-6H2,1H3. The van der Waals surface area contributed by atoms with Crippen LogP contribution in [0.5, 0.6) is 0 Å². The van der Waals surface area contributed by atoms with E-state index in [-0.39, 0.29) is 12.4 Å². The van der Waals surface area contributed by atoms with Crippen LogP contribution in [0.15, 0.2) is 0 Å². The molecule has 14 heavy (non-hydrogen) atoms. The molecule has 0 aromatic rings. The molecule has 5 heteroatoms. The average Bonchev–Trinajstić information content (AvgIpc) is 2.18. The molecule has 0 saturated carbocycles. The van der Waals surface area contributed by atoms with Crippen molar-refractivity contribution in [2.75, 3.05) is 19.7 Å². The van der Waals surface area contributed by atoms with E-state index in [0.717, 1.165) is 0 Å². The molecule has 1 heterocycles. The second-order valence-electron chi connectivity index (χ2n) is 3.05. The minimum atomic E-state index is -0.832. The lowest BCUT2D eigenvalue weighted by Gasteiger charge is -2.24. The highest BCUT2D eigenvalue weighted by Crippen LogP contribution is 2.06. The number of piperidine rings is 1. The van der Waals surface area contributed by atoms with Gasteiger partial charge in [-0.25, -0.2) is 4.79 Å². The Morgan fingerprint density at radius 1 is 1.36 bits per heavy atom. The summed E-state index contributed by atoms with van der Waals surface area (Å²) < 4.78 is 4.57. The molecule has 1 aliphatic rings. The number of rotatable bonds is 1. The molecule has 0 unspecified atom stereocenters. The molecule has 0 atom stereocenters. The Balaban J connectivity index is 2.45. The van der Waals surface area contributed by atoms with Gasteiger partial charge in [-0.3, -0.25) is 9.59 Å². The third kappa shape index (κ3) is 2.55. The Labute approximate surface area is 82.0 Å². The Morgan fingerprint density at radius 3 is 2.43 bits per heavy atom. The minimum absolute atomic E-state index is 0.137. The molecule has 1 amide bonds. The fourth-order valence-electron chi connectivity index (χ4n) is 1.28. The van der Waals surface area contributed by atoms with Crippen LogP contribution in [0.4, 0.5) is 0 Å². The summed E-state index contributed by atoms with van der Waals surface area (Å²) in [6, 6.07) is 0. The number of ether oxygens (including phenoxy) is 1. The number of hydrogen-bond donors (Lipinski definition) is 0. The molecule has 1 aliphatic heterocycles. The number of ketones is 1. The van der Waals surface area contributed by atoms with Crippen LogP contribution < -0.4 is 0 Å². The van der Waals surface area contributed by atoms with Crippen LogP contribution in [0, 0.1) is 0 Å². The zero-order chi connectivity index (χ0) is 10.6. The molecule has 0 bridgehead atoms. The van der Waals surface area contributed by atoms with Gasteiger partial charge in [-0.05, 0) is 6.92 Å². The summed E-state index contributed by atoms with van der Waals surface area (Å²) in [5.41, 5.74) is 0. The SMILES string of the molecule is CCOC(=O)C(=O)N1CCC(=O)CC1. The lowest BCUT2D eigenvalue weighted by molar-refractivity contribution is -0.160. The molecule has 0 aromatic heterocycles. The van der Waals surface area contributed by atoms with Crippen molar-refractivity contribution in [1.82, 2.24) is 4.90 Å². The molecular weight excluding hydrogens is 186 g/mol. The second-order valence-corrected chi connectivity index (χ2v) is 3.05. The van der Waals surface area contributed by atoms with Gasteiger partial charge in [0.15, 0.2) is 0 Å². The first-order chi connectivity index (χ1) is 6.65.